The first-order chi connectivity index (χ1) is 6.98. The van der Waals surface area contributed by atoms with Crippen LogP contribution in [0, 0.1) is 0 Å². The van der Waals surface area contributed by atoms with E-state index in [9.17, 15) is 13.2 Å². The maximum atomic E-state index is 11.2. The van der Waals surface area contributed by atoms with Crippen molar-refractivity contribution < 1.29 is 22.8 Å². The largest absolute Gasteiger partial charge is 0.474 e. The average Bonchev–Trinajstić information content (AvgIpc) is 2.70. The van der Waals surface area contributed by atoms with Crippen LogP contribution in [0.1, 0.15) is 28.8 Å². The number of carbonyl (C=O) groups is 1. The Bertz CT molecular complexity index is 491. The van der Waals surface area contributed by atoms with Gasteiger partial charge < -0.3 is 9.63 Å². The summed E-state index contributed by atoms with van der Waals surface area (Å²) in [7, 11) is -3.02. The predicted octanol–water partition coefficient (Wildman–Crippen LogP) is -0.330. The predicted molar refractivity (Wildman–Crippen MR) is 47.3 cm³/mol. The van der Waals surface area contributed by atoms with Gasteiger partial charge in [0.05, 0.1) is 11.5 Å². The van der Waals surface area contributed by atoms with Crippen molar-refractivity contribution >= 4 is 15.8 Å². The molecule has 1 fully saturated rings. The van der Waals surface area contributed by atoms with Crippen LogP contribution in [-0.4, -0.2) is 41.1 Å². The molecule has 1 atom stereocenters. The molecule has 0 aliphatic carbocycles. The highest BCUT2D eigenvalue weighted by atomic mass is 32.2. The zero-order valence-electron chi connectivity index (χ0n) is 7.58. The van der Waals surface area contributed by atoms with Gasteiger partial charge in [-0.2, -0.15) is 4.98 Å². The number of hydrogen-bond donors (Lipinski definition) is 1. The van der Waals surface area contributed by atoms with Crippen molar-refractivity contribution in [3.05, 3.63) is 11.7 Å². The van der Waals surface area contributed by atoms with Crippen LogP contribution in [0.3, 0.4) is 0 Å². The van der Waals surface area contributed by atoms with E-state index >= 15 is 0 Å². The minimum absolute atomic E-state index is 0.0361. The molecular formula is C7H8N2O5S. The van der Waals surface area contributed by atoms with Crippen molar-refractivity contribution in [2.45, 2.75) is 12.3 Å². The highest BCUT2D eigenvalue weighted by Crippen LogP contribution is 2.26. The highest BCUT2D eigenvalue weighted by Gasteiger charge is 2.32. The third-order valence-electron chi connectivity index (χ3n) is 2.22. The Morgan fingerprint density at radius 3 is 2.73 bits per heavy atom. The Morgan fingerprint density at radius 2 is 2.27 bits per heavy atom. The van der Waals surface area contributed by atoms with Gasteiger partial charge >= 0.3 is 11.9 Å². The first-order valence-corrected chi connectivity index (χ1v) is 6.07. The minimum Gasteiger partial charge on any atom is -0.474 e. The molecule has 0 saturated carbocycles. The zero-order chi connectivity index (χ0) is 11.1. The summed E-state index contributed by atoms with van der Waals surface area (Å²) in [5.74, 6) is -1.94. The molecule has 1 aliphatic rings. The van der Waals surface area contributed by atoms with Crippen LogP contribution in [0.5, 0.6) is 0 Å². The molecule has 0 aromatic carbocycles. The number of carboxylic acid groups (broad SMARTS) is 1. The molecule has 1 aliphatic heterocycles. The van der Waals surface area contributed by atoms with Crippen molar-refractivity contribution in [3.63, 3.8) is 0 Å². The Morgan fingerprint density at radius 1 is 1.53 bits per heavy atom. The van der Waals surface area contributed by atoms with Gasteiger partial charge in [0.2, 0.25) is 0 Å². The second-order valence-electron chi connectivity index (χ2n) is 3.36. The molecule has 1 unspecified atom stereocenters. The quantitative estimate of drug-likeness (QED) is 0.743. The van der Waals surface area contributed by atoms with Gasteiger partial charge in [-0.3, -0.25) is 0 Å². The molecular weight excluding hydrogens is 224 g/mol. The van der Waals surface area contributed by atoms with Crippen LogP contribution in [0.15, 0.2) is 4.52 Å². The molecule has 7 nitrogen and oxygen atoms in total. The van der Waals surface area contributed by atoms with E-state index in [0.717, 1.165) is 0 Å². The lowest BCUT2D eigenvalue weighted by Crippen LogP contribution is -2.05. The Balaban J connectivity index is 2.21. The fraction of sp³-hybridized carbons (Fsp3) is 0.571. The first-order valence-electron chi connectivity index (χ1n) is 4.25. The monoisotopic (exact) mass is 232 g/mol. The van der Waals surface area contributed by atoms with E-state index in [4.69, 9.17) is 5.11 Å². The fourth-order valence-electron chi connectivity index (χ4n) is 1.49. The van der Waals surface area contributed by atoms with Gasteiger partial charge in [0.15, 0.2) is 15.7 Å². The maximum absolute atomic E-state index is 11.2. The summed E-state index contributed by atoms with van der Waals surface area (Å²) in [6, 6.07) is 0. The second-order valence-corrected chi connectivity index (χ2v) is 5.59. The van der Waals surface area contributed by atoms with E-state index in [0.29, 0.717) is 6.42 Å². The van der Waals surface area contributed by atoms with Crippen molar-refractivity contribution in [3.8, 4) is 0 Å². The minimum atomic E-state index is -3.02. The van der Waals surface area contributed by atoms with Gasteiger partial charge in [0.1, 0.15) is 0 Å². The first kappa shape index (κ1) is 10.1. The third kappa shape index (κ3) is 1.99. The summed E-state index contributed by atoms with van der Waals surface area (Å²) < 4.78 is 26.8. The number of aromatic carboxylic acids is 1. The molecule has 1 N–H and O–H groups in total. The summed E-state index contributed by atoms with van der Waals surface area (Å²) in [4.78, 5) is 14.1. The molecule has 0 spiro atoms. The third-order valence-corrected chi connectivity index (χ3v) is 3.99. The molecule has 1 aromatic rings. The number of aromatic nitrogens is 2. The number of carboxylic acids is 1. The summed E-state index contributed by atoms with van der Waals surface area (Å²) in [6.07, 6.45) is 0.418. The average molecular weight is 232 g/mol. The van der Waals surface area contributed by atoms with E-state index in [-0.39, 0.29) is 23.2 Å². The summed E-state index contributed by atoms with van der Waals surface area (Å²) in [6.45, 7) is 0. The van der Waals surface area contributed by atoms with Gasteiger partial charge in [-0.25, -0.2) is 13.2 Å². The Labute approximate surface area is 85.0 Å². The zero-order valence-corrected chi connectivity index (χ0v) is 8.40. The Hall–Kier alpha value is -1.44. The second kappa shape index (κ2) is 3.30. The summed E-state index contributed by atoms with van der Waals surface area (Å²) in [5.41, 5.74) is 0. The Kier molecular flexibility index (Phi) is 2.22. The van der Waals surface area contributed by atoms with Gasteiger partial charge in [-0.1, -0.05) is 5.16 Å². The van der Waals surface area contributed by atoms with Crippen molar-refractivity contribution in [1.29, 1.82) is 0 Å². The molecule has 2 heterocycles. The smallest absolute Gasteiger partial charge is 0.394 e. The van der Waals surface area contributed by atoms with Crippen LogP contribution >= 0.6 is 0 Å². The van der Waals surface area contributed by atoms with Crippen LogP contribution in [0.2, 0.25) is 0 Å². The number of rotatable bonds is 2. The summed E-state index contributed by atoms with van der Waals surface area (Å²) in [5, 5.41) is 12.0. The van der Waals surface area contributed by atoms with E-state index in [1.807, 2.05) is 0 Å². The lowest BCUT2D eigenvalue weighted by Gasteiger charge is -1.97. The highest BCUT2D eigenvalue weighted by molar-refractivity contribution is 7.91. The van der Waals surface area contributed by atoms with E-state index < -0.39 is 21.7 Å². The van der Waals surface area contributed by atoms with Gasteiger partial charge in [0, 0.05) is 5.92 Å². The molecule has 8 heteroatoms. The molecule has 1 saturated heterocycles. The normalized spacial score (nSPS) is 24.1. The SMILES string of the molecule is O=C(O)c1nc(C2CCS(=O)(=O)C2)no1. The van der Waals surface area contributed by atoms with Crippen LogP contribution in [0.4, 0.5) is 0 Å². The topological polar surface area (TPSA) is 110 Å². The van der Waals surface area contributed by atoms with Crippen molar-refractivity contribution in [2.24, 2.45) is 0 Å². The van der Waals surface area contributed by atoms with Crippen LogP contribution in [0.25, 0.3) is 0 Å². The maximum Gasteiger partial charge on any atom is 0.394 e. The lowest BCUT2D eigenvalue weighted by atomic mass is 10.1. The molecule has 82 valence electrons. The van der Waals surface area contributed by atoms with E-state index in [2.05, 4.69) is 14.7 Å². The van der Waals surface area contributed by atoms with Gasteiger partial charge in [-0.05, 0) is 6.42 Å². The van der Waals surface area contributed by atoms with Gasteiger partial charge in [-0.15, -0.1) is 0 Å². The van der Waals surface area contributed by atoms with Crippen molar-refractivity contribution in [1.82, 2.24) is 10.1 Å². The van der Waals surface area contributed by atoms with Crippen LogP contribution < -0.4 is 0 Å². The lowest BCUT2D eigenvalue weighted by molar-refractivity contribution is 0.0643. The number of sulfone groups is 1. The number of nitrogens with zero attached hydrogens (tertiary/aromatic N) is 2. The van der Waals surface area contributed by atoms with Crippen molar-refractivity contribution in [2.75, 3.05) is 11.5 Å². The molecule has 0 amide bonds. The van der Waals surface area contributed by atoms with E-state index in [1.165, 1.54) is 0 Å². The summed E-state index contributed by atoms with van der Waals surface area (Å²) >= 11 is 0. The molecule has 15 heavy (non-hydrogen) atoms. The molecule has 1 aromatic heterocycles. The van der Waals surface area contributed by atoms with E-state index in [1.54, 1.807) is 0 Å². The van der Waals surface area contributed by atoms with Gasteiger partial charge in [0.25, 0.3) is 0 Å². The standard InChI is InChI=1S/C7H8N2O5S/c10-7(11)6-8-5(9-14-6)4-1-2-15(12,13)3-4/h4H,1-3H2,(H,10,11). The molecule has 0 bridgehead atoms. The molecule has 2 rings (SSSR count). The number of hydrogen-bond acceptors (Lipinski definition) is 6. The fourth-order valence-corrected chi connectivity index (χ4v) is 3.23. The molecule has 0 radical (unpaired) electrons. The van der Waals surface area contributed by atoms with Crippen LogP contribution in [-0.2, 0) is 9.84 Å².